The molecule has 0 spiro atoms. The van der Waals surface area contributed by atoms with Crippen molar-refractivity contribution in [3.05, 3.63) is 30.0 Å². The third-order valence-electron chi connectivity index (χ3n) is 3.59. The van der Waals surface area contributed by atoms with Crippen LogP contribution in [0.25, 0.3) is 11.0 Å². The van der Waals surface area contributed by atoms with E-state index in [1.165, 1.54) is 0 Å². The molecule has 2 aromatic rings. The molecule has 3 rings (SSSR count). The van der Waals surface area contributed by atoms with Crippen LogP contribution in [0.3, 0.4) is 0 Å². The number of carbonyl (C=O) groups is 1. The number of nitrogens with zero attached hydrogens (tertiary/aromatic N) is 2. The molecule has 0 aliphatic carbocycles. The van der Waals surface area contributed by atoms with Gasteiger partial charge in [0.2, 0.25) is 5.91 Å². The molecule has 6 heteroatoms. The number of para-hydroxylation sites is 1. The van der Waals surface area contributed by atoms with Gasteiger partial charge in [-0.15, -0.1) is 12.4 Å². The summed E-state index contributed by atoms with van der Waals surface area (Å²) in [6.07, 6.45) is 0.307. The fourth-order valence-corrected chi connectivity index (χ4v) is 2.52. The molecule has 1 fully saturated rings. The van der Waals surface area contributed by atoms with E-state index < -0.39 is 0 Å². The number of halogens is 1. The zero-order chi connectivity index (χ0) is 13.2. The molecule has 0 saturated carbocycles. The van der Waals surface area contributed by atoms with Gasteiger partial charge in [-0.2, -0.15) is 0 Å². The van der Waals surface area contributed by atoms with Crippen molar-refractivity contribution in [2.45, 2.75) is 19.4 Å². The molecule has 5 nitrogen and oxygen atoms in total. The molecule has 1 N–H and O–H groups in total. The zero-order valence-electron chi connectivity index (χ0n) is 11.3. The van der Waals surface area contributed by atoms with Crippen LogP contribution >= 0.6 is 12.4 Å². The van der Waals surface area contributed by atoms with Gasteiger partial charge in [-0.25, -0.2) is 0 Å². The summed E-state index contributed by atoms with van der Waals surface area (Å²) >= 11 is 0. The Kier molecular flexibility index (Phi) is 4.62. The summed E-state index contributed by atoms with van der Waals surface area (Å²) < 4.78 is 5.23. The summed E-state index contributed by atoms with van der Waals surface area (Å²) in [5, 5.41) is 8.23. The number of carbonyl (C=O) groups excluding carboxylic acids is 1. The Labute approximate surface area is 123 Å². The second-order valence-corrected chi connectivity index (χ2v) is 4.94. The van der Waals surface area contributed by atoms with Gasteiger partial charge in [-0.3, -0.25) is 4.79 Å². The Morgan fingerprint density at radius 1 is 1.50 bits per heavy atom. The molecule has 1 aliphatic rings. The maximum absolute atomic E-state index is 12.3. The van der Waals surface area contributed by atoms with E-state index >= 15 is 0 Å². The third kappa shape index (κ3) is 2.78. The fraction of sp³-hybridized carbons (Fsp3) is 0.429. The number of rotatable bonds is 2. The molecular weight excluding hydrogens is 278 g/mol. The highest BCUT2D eigenvalue weighted by Crippen LogP contribution is 2.19. The molecule has 20 heavy (non-hydrogen) atoms. The average molecular weight is 296 g/mol. The van der Waals surface area contributed by atoms with Gasteiger partial charge >= 0.3 is 0 Å². The predicted molar refractivity (Wildman–Crippen MR) is 79.0 cm³/mol. The second-order valence-electron chi connectivity index (χ2n) is 4.94. The molecular formula is C14H18ClN3O2. The van der Waals surface area contributed by atoms with Gasteiger partial charge in [0, 0.05) is 31.1 Å². The van der Waals surface area contributed by atoms with Gasteiger partial charge in [0.05, 0.1) is 6.42 Å². The van der Waals surface area contributed by atoms with Gasteiger partial charge in [-0.1, -0.05) is 17.3 Å². The Hall–Kier alpha value is -1.59. The van der Waals surface area contributed by atoms with Crippen molar-refractivity contribution in [2.24, 2.45) is 0 Å². The van der Waals surface area contributed by atoms with Gasteiger partial charge in [0.15, 0.2) is 5.58 Å². The molecule has 1 aliphatic heterocycles. The monoisotopic (exact) mass is 295 g/mol. The Bertz CT molecular complexity index is 599. The van der Waals surface area contributed by atoms with Crippen molar-refractivity contribution in [3.8, 4) is 0 Å². The zero-order valence-corrected chi connectivity index (χ0v) is 12.2. The van der Waals surface area contributed by atoms with Crippen LogP contribution in [0.4, 0.5) is 0 Å². The molecule has 108 valence electrons. The SMILES string of the molecule is C[C@H]1CNCCN1C(=O)Cc1noc2ccccc12.Cl. The van der Waals surface area contributed by atoms with Crippen molar-refractivity contribution in [2.75, 3.05) is 19.6 Å². The predicted octanol–water partition coefficient (Wildman–Crippen LogP) is 1.61. The normalized spacial score (nSPS) is 18.9. The summed E-state index contributed by atoms with van der Waals surface area (Å²) in [6.45, 7) is 4.53. The molecule has 1 amide bonds. The highest BCUT2D eigenvalue weighted by atomic mass is 35.5. The van der Waals surface area contributed by atoms with Crippen molar-refractivity contribution in [3.63, 3.8) is 0 Å². The third-order valence-corrected chi connectivity index (χ3v) is 3.59. The average Bonchev–Trinajstić information content (AvgIpc) is 2.83. The Balaban J connectivity index is 0.00000147. The number of piperazine rings is 1. The minimum Gasteiger partial charge on any atom is -0.356 e. The van der Waals surface area contributed by atoms with Crippen LogP contribution in [-0.4, -0.2) is 41.6 Å². The number of amides is 1. The highest BCUT2D eigenvalue weighted by molar-refractivity contribution is 5.86. The molecule has 2 heterocycles. The van der Waals surface area contributed by atoms with E-state index in [-0.39, 0.29) is 24.4 Å². The van der Waals surface area contributed by atoms with Gasteiger partial charge in [-0.05, 0) is 19.1 Å². The standard InChI is InChI=1S/C14H17N3O2.ClH/c1-10-9-15-6-7-17(10)14(18)8-12-11-4-2-3-5-13(11)19-16-12;/h2-5,10,15H,6-9H2,1H3;1H/t10-;/m0./s1. The van der Waals surface area contributed by atoms with Crippen LogP contribution in [0.5, 0.6) is 0 Å². The van der Waals surface area contributed by atoms with E-state index in [9.17, 15) is 4.79 Å². The minimum absolute atomic E-state index is 0. The maximum Gasteiger partial charge on any atom is 0.229 e. The topological polar surface area (TPSA) is 58.4 Å². The molecule has 1 aromatic heterocycles. The van der Waals surface area contributed by atoms with Crippen molar-refractivity contribution in [1.82, 2.24) is 15.4 Å². The molecule has 0 unspecified atom stereocenters. The van der Waals surface area contributed by atoms with Crippen LogP contribution in [0.2, 0.25) is 0 Å². The van der Waals surface area contributed by atoms with Crippen molar-refractivity contribution in [1.29, 1.82) is 0 Å². The van der Waals surface area contributed by atoms with E-state index in [1.54, 1.807) is 0 Å². The lowest BCUT2D eigenvalue weighted by atomic mass is 10.1. The minimum atomic E-state index is 0. The van der Waals surface area contributed by atoms with E-state index in [1.807, 2.05) is 29.2 Å². The number of hydrogen-bond acceptors (Lipinski definition) is 4. The quantitative estimate of drug-likeness (QED) is 0.914. The second kappa shape index (κ2) is 6.24. The summed E-state index contributed by atoms with van der Waals surface area (Å²) in [4.78, 5) is 14.3. The largest absolute Gasteiger partial charge is 0.356 e. The smallest absolute Gasteiger partial charge is 0.229 e. The number of aromatic nitrogens is 1. The van der Waals surface area contributed by atoms with Gasteiger partial charge < -0.3 is 14.7 Å². The van der Waals surface area contributed by atoms with Crippen molar-refractivity contribution < 1.29 is 9.32 Å². The first-order valence-corrected chi connectivity index (χ1v) is 6.59. The number of benzene rings is 1. The first-order valence-electron chi connectivity index (χ1n) is 6.59. The summed E-state index contributed by atoms with van der Waals surface area (Å²) in [5.41, 5.74) is 1.46. The first-order chi connectivity index (χ1) is 9.25. The van der Waals surface area contributed by atoms with E-state index in [0.29, 0.717) is 6.42 Å². The lowest BCUT2D eigenvalue weighted by Crippen LogP contribution is -2.52. The summed E-state index contributed by atoms with van der Waals surface area (Å²) in [6, 6.07) is 7.87. The molecule has 1 atom stereocenters. The molecule has 0 bridgehead atoms. The number of fused-ring (bicyclic) bond motifs is 1. The van der Waals surface area contributed by atoms with E-state index in [0.717, 1.165) is 36.3 Å². The summed E-state index contributed by atoms with van der Waals surface area (Å²) in [7, 11) is 0. The Morgan fingerprint density at radius 3 is 3.10 bits per heavy atom. The van der Waals surface area contributed by atoms with E-state index in [2.05, 4.69) is 17.4 Å². The number of hydrogen-bond donors (Lipinski definition) is 1. The van der Waals surface area contributed by atoms with Crippen LogP contribution < -0.4 is 5.32 Å². The summed E-state index contributed by atoms with van der Waals surface area (Å²) in [5.74, 6) is 0.119. The van der Waals surface area contributed by atoms with Gasteiger partial charge in [0.1, 0.15) is 5.69 Å². The molecule has 1 saturated heterocycles. The Morgan fingerprint density at radius 2 is 2.30 bits per heavy atom. The molecule has 1 aromatic carbocycles. The van der Waals surface area contributed by atoms with Gasteiger partial charge in [0.25, 0.3) is 0 Å². The van der Waals surface area contributed by atoms with Crippen LogP contribution in [0, 0.1) is 0 Å². The maximum atomic E-state index is 12.3. The highest BCUT2D eigenvalue weighted by Gasteiger charge is 2.24. The lowest BCUT2D eigenvalue weighted by molar-refractivity contribution is -0.133. The molecule has 0 radical (unpaired) electrons. The van der Waals surface area contributed by atoms with E-state index in [4.69, 9.17) is 4.52 Å². The van der Waals surface area contributed by atoms with Crippen molar-refractivity contribution >= 4 is 29.3 Å². The first kappa shape index (κ1) is 14.8. The lowest BCUT2D eigenvalue weighted by Gasteiger charge is -2.33. The van der Waals surface area contributed by atoms with Crippen LogP contribution in [0.1, 0.15) is 12.6 Å². The number of nitrogens with one attached hydrogen (secondary N) is 1. The van der Waals surface area contributed by atoms with Crippen LogP contribution in [0.15, 0.2) is 28.8 Å². The fourth-order valence-electron chi connectivity index (χ4n) is 2.52. The van der Waals surface area contributed by atoms with Crippen LogP contribution in [-0.2, 0) is 11.2 Å².